The van der Waals surface area contributed by atoms with Gasteiger partial charge >= 0.3 is 0 Å². The predicted molar refractivity (Wildman–Crippen MR) is 63.1 cm³/mol. The number of hydrogen-bond donors (Lipinski definition) is 0. The van der Waals surface area contributed by atoms with Crippen LogP contribution in [0.5, 0.6) is 0 Å². The normalized spacial score (nSPS) is 11.9. The number of hydrogen-bond acceptors (Lipinski definition) is 3. The van der Waals surface area contributed by atoms with E-state index < -0.39 is 3.79 Å². The van der Waals surface area contributed by atoms with Gasteiger partial charge in [0.15, 0.2) is 0 Å². The molecule has 0 aliphatic carbocycles. The average molecular weight is 312 g/mol. The van der Waals surface area contributed by atoms with Crippen LogP contribution in [0.4, 0.5) is 0 Å². The lowest BCUT2D eigenvalue weighted by atomic mass is 10.4. The van der Waals surface area contributed by atoms with E-state index in [1.54, 1.807) is 6.26 Å². The van der Waals surface area contributed by atoms with E-state index in [1.807, 2.05) is 0 Å². The minimum absolute atomic E-state index is 0.0000694. The summed E-state index contributed by atoms with van der Waals surface area (Å²) in [5, 5.41) is 0.690. The molecule has 0 N–H and O–H groups in total. The fourth-order valence-corrected chi connectivity index (χ4v) is 2.41. The lowest BCUT2D eigenvalue weighted by molar-refractivity contribution is 0.968. The Morgan fingerprint density at radius 2 is 1.71 bits per heavy atom. The molecule has 1 aromatic heterocycles. The highest BCUT2D eigenvalue weighted by molar-refractivity contribution is 7.98. The lowest BCUT2D eigenvalue weighted by Gasteiger charge is -2.13. The summed E-state index contributed by atoms with van der Waals surface area (Å²) in [7, 11) is 0. The minimum Gasteiger partial charge on any atom is -0.217 e. The van der Waals surface area contributed by atoms with E-state index in [9.17, 15) is 0 Å². The highest BCUT2D eigenvalue weighted by Crippen LogP contribution is 2.43. The molecule has 0 spiro atoms. The van der Waals surface area contributed by atoms with Crippen molar-refractivity contribution in [3.8, 4) is 0 Å². The van der Waals surface area contributed by atoms with Gasteiger partial charge in [-0.3, -0.25) is 0 Å². The van der Waals surface area contributed by atoms with Crippen molar-refractivity contribution in [2.75, 3.05) is 6.26 Å². The standard InChI is InChI=1S/C6H3Cl5N2S/c1-14-4-2(7)3(6(9,10)11)12-5(8)13-4/h1H3. The van der Waals surface area contributed by atoms with E-state index in [0.717, 1.165) is 0 Å². The Hall–Kier alpha value is 0.880. The van der Waals surface area contributed by atoms with E-state index in [-0.39, 0.29) is 16.0 Å². The molecule has 1 heterocycles. The molecule has 1 rings (SSSR count). The number of aromatic nitrogens is 2. The van der Waals surface area contributed by atoms with Crippen LogP contribution in [0.15, 0.2) is 5.03 Å². The van der Waals surface area contributed by atoms with Crippen LogP contribution < -0.4 is 0 Å². The molecule has 1 aromatic rings. The SMILES string of the molecule is CSc1nc(Cl)nc(C(Cl)(Cl)Cl)c1Cl. The molecule has 0 atom stereocenters. The molecule has 2 nitrogen and oxygen atoms in total. The summed E-state index contributed by atoms with van der Waals surface area (Å²) in [4.78, 5) is 7.64. The van der Waals surface area contributed by atoms with Crippen molar-refractivity contribution in [1.29, 1.82) is 0 Å². The van der Waals surface area contributed by atoms with Crippen molar-refractivity contribution in [3.05, 3.63) is 16.0 Å². The van der Waals surface area contributed by atoms with E-state index in [0.29, 0.717) is 5.03 Å². The first kappa shape index (κ1) is 12.9. The van der Waals surface area contributed by atoms with Crippen molar-refractivity contribution in [1.82, 2.24) is 9.97 Å². The monoisotopic (exact) mass is 310 g/mol. The number of thioether (sulfide) groups is 1. The summed E-state index contributed by atoms with van der Waals surface area (Å²) < 4.78 is -1.70. The molecule has 0 saturated carbocycles. The maximum absolute atomic E-state index is 5.91. The predicted octanol–water partition coefficient (Wildman–Crippen LogP) is 4.33. The van der Waals surface area contributed by atoms with Gasteiger partial charge in [0.1, 0.15) is 10.7 Å². The highest BCUT2D eigenvalue weighted by atomic mass is 35.6. The molecule has 0 unspecified atom stereocenters. The van der Waals surface area contributed by atoms with E-state index in [2.05, 4.69) is 9.97 Å². The molecule has 0 aliphatic heterocycles. The van der Waals surface area contributed by atoms with Gasteiger partial charge in [-0.2, -0.15) is 0 Å². The van der Waals surface area contributed by atoms with Crippen molar-refractivity contribution in [2.45, 2.75) is 8.82 Å². The summed E-state index contributed by atoms with van der Waals surface area (Å²) in [5.74, 6) is 0. The van der Waals surface area contributed by atoms with Crippen molar-refractivity contribution < 1.29 is 0 Å². The lowest BCUT2D eigenvalue weighted by Crippen LogP contribution is -2.07. The molecule has 0 aliphatic rings. The average Bonchev–Trinajstić information content (AvgIpc) is 2.06. The molecule has 0 aromatic carbocycles. The molecule has 0 bridgehead atoms. The van der Waals surface area contributed by atoms with Gasteiger partial charge in [0.2, 0.25) is 9.08 Å². The van der Waals surface area contributed by atoms with Gasteiger partial charge in [-0.05, 0) is 17.9 Å². The van der Waals surface area contributed by atoms with Gasteiger partial charge in [0.05, 0.1) is 5.02 Å². The topological polar surface area (TPSA) is 25.8 Å². The molecule has 14 heavy (non-hydrogen) atoms. The van der Waals surface area contributed by atoms with Gasteiger partial charge < -0.3 is 0 Å². The van der Waals surface area contributed by atoms with Gasteiger partial charge in [0.25, 0.3) is 0 Å². The van der Waals surface area contributed by atoms with Crippen LogP contribution in [0.3, 0.4) is 0 Å². The maximum Gasteiger partial charge on any atom is 0.234 e. The molecule has 0 amide bonds. The van der Waals surface area contributed by atoms with Crippen molar-refractivity contribution in [3.63, 3.8) is 0 Å². The Kier molecular flexibility index (Phi) is 4.45. The first-order valence-corrected chi connectivity index (χ1v) is 6.32. The van der Waals surface area contributed by atoms with E-state index >= 15 is 0 Å². The van der Waals surface area contributed by atoms with Gasteiger partial charge in [0, 0.05) is 0 Å². The number of halogens is 5. The summed E-state index contributed by atoms with van der Waals surface area (Å²) in [5.41, 5.74) is 0.0912. The number of nitrogens with zero attached hydrogens (tertiary/aromatic N) is 2. The van der Waals surface area contributed by atoms with Crippen molar-refractivity contribution >= 4 is 69.8 Å². The van der Waals surface area contributed by atoms with Crippen molar-refractivity contribution in [2.24, 2.45) is 0 Å². The van der Waals surface area contributed by atoms with Gasteiger partial charge in [-0.25, -0.2) is 9.97 Å². The van der Waals surface area contributed by atoms with Crippen LogP contribution in [0.25, 0.3) is 0 Å². The zero-order valence-corrected chi connectivity index (χ0v) is 11.3. The Morgan fingerprint density at radius 3 is 2.14 bits per heavy atom. The zero-order valence-electron chi connectivity index (χ0n) is 6.69. The fraction of sp³-hybridized carbons (Fsp3) is 0.333. The molecular weight excluding hydrogens is 309 g/mol. The van der Waals surface area contributed by atoms with Crippen LogP contribution >= 0.6 is 69.8 Å². The third kappa shape index (κ3) is 2.94. The summed E-state index contributed by atoms with van der Waals surface area (Å²) in [6, 6.07) is 0. The van der Waals surface area contributed by atoms with Gasteiger partial charge in [-0.1, -0.05) is 46.4 Å². The Labute approximate surface area is 110 Å². The fourth-order valence-electron chi connectivity index (χ4n) is 0.724. The number of rotatable bonds is 1. The third-order valence-corrected chi connectivity index (χ3v) is 3.11. The minimum atomic E-state index is -1.70. The Balaban J connectivity index is 3.37. The summed E-state index contributed by atoms with van der Waals surface area (Å²) >= 11 is 29.8. The second-order valence-electron chi connectivity index (χ2n) is 2.16. The molecular formula is C6H3Cl5N2S. The van der Waals surface area contributed by atoms with E-state index in [1.165, 1.54) is 11.8 Å². The molecule has 8 heteroatoms. The number of alkyl halides is 3. The third-order valence-electron chi connectivity index (χ3n) is 1.26. The second-order valence-corrected chi connectivity index (χ2v) is 5.95. The quantitative estimate of drug-likeness (QED) is 0.334. The second kappa shape index (κ2) is 4.81. The van der Waals surface area contributed by atoms with Crippen LogP contribution in [-0.4, -0.2) is 16.2 Å². The largest absolute Gasteiger partial charge is 0.234 e. The molecule has 0 saturated heterocycles. The first-order chi connectivity index (χ1) is 6.36. The Morgan fingerprint density at radius 1 is 1.14 bits per heavy atom. The summed E-state index contributed by atoms with van der Waals surface area (Å²) in [6.45, 7) is 0. The van der Waals surface area contributed by atoms with Crippen LogP contribution in [0.1, 0.15) is 5.69 Å². The molecule has 0 fully saturated rings. The maximum atomic E-state index is 5.91. The summed E-state index contributed by atoms with van der Waals surface area (Å²) in [6.07, 6.45) is 1.78. The van der Waals surface area contributed by atoms with Crippen LogP contribution in [0.2, 0.25) is 10.3 Å². The molecule has 78 valence electrons. The van der Waals surface area contributed by atoms with Crippen LogP contribution in [-0.2, 0) is 3.79 Å². The Bertz CT molecular complexity index is 351. The van der Waals surface area contributed by atoms with E-state index in [4.69, 9.17) is 58.0 Å². The van der Waals surface area contributed by atoms with Crippen LogP contribution in [0, 0.1) is 0 Å². The zero-order chi connectivity index (χ0) is 10.9. The molecule has 0 radical (unpaired) electrons. The smallest absolute Gasteiger partial charge is 0.217 e. The highest BCUT2D eigenvalue weighted by Gasteiger charge is 2.30. The first-order valence-electron chi connectivity index (χ1n) is 3.20. The van der Waals surface area contributed by atoms with Gasteiger partial charge in [-0.15, -0.1) is 11.8 Å².